The van der Waals surface area contributed by atoms with Crippen LogP contribution in [0.2, 0.25) is 0 Å². The first kappa shape index (κ1) is 5.82. The van der Waals surface area contributed by atoms with Crippen molar-refractivity contribution in [2.24, 2.45) is 0 Å². The molecule has 0 bridgehead atoms. The van der Waals surface area contributed by atoms with Gasteiger partial charge in [-0.1, -0.05) is 0 Å². The van der Waals surface area contributed by atoms with Gasteiger partial charge >= 0.3 is 0 Å². The van der Waals surface area contributed by atoms with Crippen LogP contribution in [0, 0.1) is 0 Å². The minimum Gasteiger partial charge on any atom is -0.495 e. The third-order valence-electron chi connectivity index (χ3n) is 0.356. The Labute approximate surface area is 45.4 Å². The lowest BCUT2D eigenvalue weighted by atomic mass is 10.9. The molecule has 3 heteroatoms. The normalized spacial score (nSPS) is 7.67. The summed E-state index contributed by atoms with van der Waals surface area (Å²) in [6.07, 6.45) is 0. The molecule has 1 N–H and O–H groups in total. The molecule has 6 heavy (non-hydrogen) atoms. The summed E-state index contributed by atoms with van der Waals surface area (Å²) in [4.78, 5) is 0. The summed E-state index contributed by atoms with van der Waals surface area (Å²) in [7, 11) is 1.64. The second-order valence-corrected chi connectivity index (χ2v) is 1.96. The van der Waals surface area contributed by atoms with Crippen LogP contribution in [0.15, 0.2) is 12.5 Å². The summed E-state index contributed by atoms with van der Waals surface area (Å²) in [5.74, 6) is 0.00926. The molecule has 0 saturated heterocycles. The summed E-state index contributed by atoms with van der Waals surface area (Å²) < 4.78 is 1.34. The largest absolute Gasteiger partial charge is 0.495 e. The van der Waals surface area contributed by atoms with Crippen molar-refractivity contribution in [2.75, 3.05) is 7.05 Å². The van der Waals surface area contributed by atoms with Gasteiger partial charge in [-0.2, -0.15) is 0 Å². The van der Waals surface area contributed by atoms with Crippen LogP contribution < -0.4 is 0 Å². The van der Waals surface area contributed by atoms with Crippen molar-refractivity contribution in [3.8, 4) is 0 Å². The number of hydrogen-bond donors (Lipinski definition) is 1. The lowest BCUT2D eigenvalue weighted by molar-refractivity contribution is 0.328. The summed E-state index contributed by atoms with van der Waals surface area (Å²) >= 11 is 2.92. The minimum absolute atomic E-state index is 0.00926. The summed E-state index contributed by atoms with van der Waals surface area (Å²) in [5, 5.41) is 8.31. The van der Waals surface area contributed by atoms with Crippen LogP contribution in [0.25, 0.3) is 0 Å². The van der Waals surface area contributed by atoms with Crippen molar-refractivity contribution < 1.29 is 5.11 Å². The fourth-order valence-electron chi connectivity index (χ4n) is 0. The quantitative estimate of drug-likeness (QED) is 0.451. The Bertz CT molecular complexity index is 61.8. The number of nitrogens with zero attached hydrogens (tertiary/aromatic N) is 1. The molecule has 0 aromatic heterocycles. The van der Waals surface area contributed by atoms with Crippen LogP contribution in [0.1, 0.15) is 0 Å². The van der Waals surface area contributed by atoms with Crippen molar-refractivity contribution in [1.29, 1.82) is 0 Å². The molecule has 36 valence electrons. The van der Waals surface area contributed by atoms with Gasteiger partial charge in [0.25, 0.3) is 0 Å². The Kier molecular flexibility index (Phi) is 2.01. The van der Waals surface area contributed by atoms with Gasteiger partial charge in [0.05, 0.1) is 16.1 Å². The lowest BCUT2D eigenvalue weighted by Crippen LogP contribution is -1.99. The zero-order valence-corrected chi connectivity index (χ0v) is 5.07. The molecular formula is C3H6BrNO. The van der Waals surface area contributed by atoms with E-state index >= 15 is 0 Å². The van der Waals surface area contributed by atoms with Gasteiger partial charge in [0.1, 0.15) is 0 Å². The number of aliphatic hydroxyl groups excluding tert-OH is 1. The number of halogens is 1. The van der Waals surface area contributed by atoms with Crippen molar-refractivity contribution >= 4 is 16.1 Å². The smallest absolute Gasteiger partial charge is 0.189 e. The monoisotopic (exact) mass is 151 g/mol. The van der Waals surface area contributed by atoms with Crippen LogP contribution >= 0.6 is 16.1 Å². The van der Waals surface area contributed by atoms with Crippen LogP contribution in [0.4, 0.5) is 0 Å². The molecule has 0 radical (unpaired) electrons. The zero-order valence-electron chi connectivity index (χ0n) is 3.48. The molecule has 0 rings (SSSR count). The first-order valence-corrected chi connectivity index (χ1v) is 2.13. The second-order valence-electron chi connectivity index (χ2n) is 0.893. The molecule has 0 aliphatic rings. The number of aliphatic hydroxyl groups is 1. The molecule has 0 aromatic carbocycles. The molecule has 2 nitrogen and oxygen atoms in total. The highest BCUT2D eigenvalue weighted by molar-refractivity contribution is 9.07. The van der Waals surface area contributed by atoms with Crippen molar-refractivity contribution in [3.63, 3.8) is 0 Å². The van der Waals surface area contributed by atoms with Crippen LogP contribution in [-0.2, 0) is 0 Å². The Morgan fingerprint density at radius 3 is 2.17 bits per heavy atom. The molecule has 0 spiro atoms. The topological polar surface area (TPSA) is 23.5 Å². The average Bonchev–Trinajstić information content (AvgIpc) is 1.36. The standard InChI is InChI=1S/C3H6BrNO/c1-3(6)5(2)4/h6H,1H2,2H3. The van der Waals surface area contributed by atoms with Gasteiger partial charge in [-0.05, 0) is 6.58 Å². The molecule has 0 fully saturated rings. The van der Waals surface area contributed by atoms with E-state index in [1.54, 1.807) is 7.05 Å². The van der Waals surface area contributed by atoms with E-state index in [1.807, 2.05) is 0 Å². The third-order valence-corrected chi connectivity index (χ3v) is 0.765. The van der Waals surface area contributed by atoms with E-state index in [0.717, 1.165) is 0 Å². The van der Waals surface area contributed by atoms with Crippen molar-refractivity contribution in [1.82, 2.24) is 3.93 Å². The molecule has 0 saturated carbocycles. The van der Waals surface area contributed by atoms with Crippen LogP contribution in [0.5, 0.6) is 0 Å². The van der Waals surface area contributed by atoms with Gasteiger partial charge in [-0.25, -0.2) is 0 Å². The SMILES string of the molecule is C=C(O)N(C)Br. The van der Waals surface area contributed by atoms with Crippen molar-refractivity contribution in [3.05, 3.63) is 12.5 Å². The van der Waals surface area contributed by atoms with Gasteiger partial charge in [-0.3, -0.25) is 3.93 Å². The lowest BCUT2D eigenvalue weighted by Gasteiger charge is -2.02. The van der Waals surface area contributed by atoms with E-state index in [9.17, 15) is 0 Å². The number of hydrogen-bond acceptors (Lipinski definition) is 2. The second kappa shape index (κ2) is 2.08. The molecule has 0 aliphatic heterocycles. The summed E-state index contributed by atoms with van der Waals surface area (Å²) in [5.41, 5.74) is 0. The predicted molar refractivity (Wildman–Crippen MR) is 28.5 cm³/mol. The molecule has 0 atom stereocenters. The van der Waals surface area contributed by atoms with E-state index in [2.05, 4.69) is 22.7 Å². The zero-order chi connectivity index (χ0) is 5.15. The van der Waals surface area contributed by atoms with Gasteiger partial charge in [-0.15, -0.1) is 0 Å². The molecule has 0 amide bonds. The molecule has 0 aromatic rings. The first-order chi connectivity index (χ1) is 2.64. The Morgan fingerprint density at radius 1 is 2.00 bits per heavy atom. The van der Waals surface area contributed by atoms with Crippen LogP contribution in [-0.4, -0.2) is 16.1 Å². The Morgan fingerprint density at radius 2 is 2.17 bits per heavy atom. The van der Waals surface area contributed by atoms with Gasteiger partial charge < -0.3 is 5.11 Å². The summed E-state index contributed by atoms with van der Waals surface area (Å²) in [6.45, 7) is 3.19. The van der Waals surface area contributed by atoms with Gasteiger partial charge in [0, 0.05) is 7.05 Å². The highest BCUT2D eigenvalue weighted by Gasteiger charge is 1.85. The third kappa shape index (κ3) is 2.08. The Balaban J connectivity index is 3.26. The fraction of sp³-hybridized carbons (Fsp3) is 0.333. The average molecular weight is 152 g/mol. The first-order valence-electron chi connectivity index (χ1n) is 1.42. The van der Waals surface area contributed by atoms with E-state index in [-0.39, 0.29) is 5.88 Å². The molecule has 0 unspecified atom stereocenters. The van der Waals surface area contributed by atoms with Gasteiger partial charge in [0.15, 0.2) is 5.88 Å². The predicted octanol–water partition coefficient (Wildman–Crippen LogP) is 1.26. The van der Waals surface area contributed by atoms with Crippen LogP contribution in [0.3, 0.4) is 0 Å². The highest BCUT2D eigenvalue weighted by atomic mass is 79.9. The fourth-order valence-corrected chi connectivity index (χ4v) is 0. The molecule has 0 aliphatic carbocycles. The maximum atomic E-state index is 8.31. The van der Waals surface area contributed by atoms with E-state index in [1.165, 1.54) is 3.93 Å². The van der Waals surface area contributed by atoms with E-state index in [4.69, 9.17) is 5.11 Å². The maximum absolute atomic E-state index is 8.31. The Hall–Kier alpha value is -0.180. The molecular weight excluding hydrogens is 146 g/mol. The van der Waals surface area contributed by atoms with E-state index < -0.39 is 0 Å². The van der Waals surface area contributed by atoms with Gasteiger partial charge in [0.2, 0.25) is 0 Å². The minimum atomic E-state index is 0.00926. The maximum Gasteiger partial charge on any atom is 0.189 e. The molecule has 0 heterocycles. The van der Waals surface area contributed by atoms with E-state index in [0.29, 0.717) is 0 Å². The number of rotatable bonds is 1. The summed E-state index contributed by atoms with van der Waals surface area (Å²) in [6, 6.07) is 0. The highest BCUT2D eigenvalue weighted by Crippen LogP contribution is 1.96. The van der Waals surface area contributed by atoms with Crippen molar-refractivity contribution in [2.45, 2.75) is 0 Å².